The third-order valence-corrected chi connectivity index (χ3v) is 3.88. The Morgan fingerprint density at radius 2 is 2.27 bits per heavy atom. The predicted octanol–water partition coefficient (Wildman–Crippen LogP) is 1.27. The van der Waals surface area contributed by atoms with Crippen molar-refractivity contribution in [2.75, 3.05) is 13.1 Å². The van der Waals surface area contributed by atoms with E-state index in [1.165, 1.54) is 0 Å². The van der Waals surface area contributed by atoms with E-state index in [4.69, 9.17) is 0 Å². The van der Waals surface area contributed by atoms with Crippen LogP contribution in [0.1, 0.15) is 57.8 Å². The number of amides is 2. The smallest absolute Gasteiger partial charge is 0.222 e. The molecule has 0 radical (unpaired) electrons. The lowest BCUT2D eigenvalue weighted by molar-refractivity contribution is -0.128. The van der Waals surface area contributed by atoms with Crippen molar-refractivity contribution in [3.8, 4) is 0 Å². The zero-order valence-corrected chi connectivity index (χ0v) is 13.4. The molecule has 7 heteroatoms. The molecule has 0 bridgehead atoms. The number of carbonyl (C=O) groups excluding carboxylic acids is 2. The lowest BCUT2D eigenvalue weighted by Crippen LogP contribution is -2.30. The number of carbonyl (C=O) groups is 2. The fraction of sp³-hybridized carbons (Fsp3) is 0.733. The van der Waals surface area contributed by atoms with Crippen molar-refractivity contribution < 1.29 is 9.59 Å². The zero-order valence-electron chi connectivity index (χ0n) is 13.4. The molecule has 2 rings (SSSR count). The Bertz CT molecular complexity index is 514. The summed E-state index contributed by atoms with van der Waals surface area (Å²) < 4.78 is 1.97. The molecule has 7 nitrogen and oxygen atoms in total. The normalized spacial score (nSPS) is 16.1. The van der Waals surface area contributed by atoms with Gasteiger partial charge in [0, 0.05) is 32.5 Å². The van der Waals surface area contributed by atoms with E-state index in [1.807, 2.05) is 16.4 Å². The number of hydrogen-bond acceptors (Lipinski definition) is 4. The van der Waals surface area contributed by atoms with Crippen LogP contribution < -0.4 is 5.32 Å². The molecule has 1 aromatic heterocycles. The highest BCUT2D eigenvalue weighted by Gasteiger charge is 2.20. The van der Waals surface area contributed by atoms with Crippen LogP contribution >= 0.6 is 0 Å². The first kappa shape index (κ1) is 16.5. The SMILES string of the molecule is CCCn1cnnc1[C@H](C)NC(=O)CCCN1CCCC1=O. The van der Waals surface area contributed by atoms with E-state index in [9.17, 15) is 9.59 Å². The Morgan fingerprint density at radius 3 is 2.95 bits per heavy atom. The van der Waals surface area contributed by atoms with Gasteiger partial charge in [0.15, 0.2) is 5.82 Å². The van der Waals surface area contributed by atoms with Gasteiger partial charge in [0.05, 0.1) is 6.04 Å². The number of nitrogens with one attached hydrogen (secondary N) is 1. The molecule has 0 aromatic carbocycles. The van der Waals surface area contributed by atoms with Crippen molar-refractivity contribution >= 4 is 11.8 Å². The van der Waals surface area contributed by atoms with Crippen molar-refractivity contribution in [3.63, 3.8) is 0 Å². The van der Waals surface area contributed by atoms with Crippen LogP contribution in [0.15, 0.2) is 6.33 Å². The Hall–Kier alpha value is -1.92. The largest absolute Gasteiger partial charge is 0.346 e. The summed E-state index contributed by atoms with van der Waals surface area (Å²) in [6.45, 7) is 6.36. The molecule has 1 aromatic rings. The van der Waals surface area contributed by atoms with Crippen LogP contribution in [0.2, 0.25) is 0 Å². The summed E-state index contributed by atoms with van der Waals surface area (Å²) in [4.78, 5) is 25.3. The van der Waals surface area contributed by atoms with Crippen molar-refractivity contribution in [2.24, 2.45) is 0 Å². The highest BCUT2D eigenvalue weighted by molar-refractivity contribution is 5.78. The summed E-state index contributed by atoms with van der Waals surface area (Å²) in [6, 6.07) is -0.157. The number of aromatic nitrogens is 3. The second-order valence-electron chi connectivity index (χ2n) is 5.76. The van der Waals surface area contributed by atoms with Crippen LogP contribution in [0, 0.1) is 0 Å². The van der Waals surface area contributed by atoms with Crippen molar-refractivity contribution in [1.29, 1.82) is 0 Å². The van der Waals surface area contributed by atoms with E-state index in [0.717, 1.165) is 31.8 Å². The molecule has 0 unspecified atom stereocenters. The summed E-state index contributed by atoms with van der Waals surface area (Å²) in [6.07, 6.45) is 5.41. The lowest BCUT2D eigenvalue weighted by Gasteiger charge is -2.16. The molecule has 2 heterocycles. The Morgan fingerprint density at radius 1 is 1.45 bits per heavy atom. The van der Waals surface area contributed by atoms with Gasteiger partial charge in [0.25, 0.3) is 0 Å². The number of nitrogens with zero attached hydrogens (tertiary/aromatic N) is 4. The molecular weight excluding hydrogens is 282 g/mol. The predicted molar refractivity (Wildman–Crippen MR) is 81.9 cm³/mol. The minimum atomic E-state index is -0.157. The van der Waals surface area contributed by atoms with E-state index in [0.29, 0.717) is 25.8 Å². The molecule has 1 atom stereocenters. The average Bonchev–Trinajstić information content (AvgIpc) is 3.09. The zero-order chi connectivity index (χ0) is 15.9. The van der Waals surface area contributed by atoms with E-state index in [-0.39, 0.29) is 17.9 Å². The minimum absolute atomic E-state index is 0.00908. The minimum Gasteiger partial charge on any atom is -0.346 e. The molecule has 122 valence electrons. The standard InChI is InChI=1S/C15H25N5O2/c1-3-8-20-11-16-18-15(20)12(2)17-13(21)6-4-9-19-10-5-7-14(19)22/h11-12H,3-10H2,1-2H3,(H,17,21)/t12-/m0/s1. The first-order valence-electron chi connectivity index (χ1n) is 8.06. The summed E-state index contributed by atoms with van der Waals surface area (Å²) in [5.74, 6) is 0.983. The first-order chi connectivity index (χ1) is 10.6. The van der Waals surface area contributed by atoms with Gasteiger partial charge in [-0.2, -0.15) is 0 Å². The van der Waals surface area contributed by atoms with Crippen LogP contribution in [0.4, 0.5) is 0 Å². The van der Waals surface area contributed by atoms with Gasteiger partial charge in [-0.05, 0) is 26.2 Å². The number of likely N-dealkylation sites (tertiary alicyclic amines) is 1. The van der Waals surface area contributed by atoms with E-state index >= 15 is 0 Å². The van der Waals surface area contributed by atoms with Crippen molar-refractivity contribution in [2.45, 2.75) is 58.5 Å². The van der Waals surface area contributed by atoms with Gasteiger partial charge in [-0.3, -0.25) is 9.59 Å². The van der Waals surface area contributed by atoms with Gasteiger partial charge < -0.3 is 14.8 Å². The summed E-state index contributed by atoms with van der Waals surface area (Å²) in [5, 5.41) is 10.9. The van der Waals surface area contributed by atoms with Gasteiger partial charge in [-0.1, -0.05) is 6.92 Å². The molecule has 1 aliphatic rings. The highest BCUT2D eigenvalue weighted by Crippen LogP contribution is 2.12. The maximum absolute atomic E-state index is 12.0. The maximum Gasteiger partial charge on any atom is 0.222 e. The molecule has 0 spiro atoms. The van der Waals surface area contributed by atoms with Crippen LogP contribution in [0.25, 0.3) is 0 Å². The second kappa shape index (κ2) is 7.91. The van der Waals surface area contributed by atoms with Gasteiger partial charge in [-0.15, -0.1) is 10.2 Å². The number of aryl methyl sites for hydroxylation is 1. The van der Waals surface area contributed by atoms with Gasteiger partial charge >= 0.3 is 0 Å². The molecule has 0 saturated carbocycles. The van der Waals surface area contributed by atoms with Crippen LogP contribution in [0.5, 0.6) is 0 Å². The highest BCUT2D eigenvalue weighted by atomic mass is 16.2. The summed E-state index contributed by atoms with van der Waals surface area (Å²) in [7, 11) is 0. The lowest BCUT2D eigenvalue weighted by atomic mass is 10.2. The van der Waals surface area contributed by atoms with Crippen LogP contribution in [-0.4, -0.2) is 44.6 Å². The average molecular weight is 307 g/mol. The first-order valence-corrected chi connectivity index (χ1v) is 8.06. The Labute approximate surface area is 131 Å². The van der Waals surface area contributed by atoms with E-state index in [1.54, 1.807) is 6.33 Å². The summed E-state index contributed by atoms with van der Waals surface area (Å²) >= 11 is 0. The molecule has 0 aliphatic carbocycles. The number of rotatable bonds is 8. The fourth-order valence-corrected chi connectivity index (χ4v) is 2.76. The Kier molecular flexibility index (Phi) is 5.91. The maximum atomic E-state index is 12.0. The van der Waals surface area contributed by atoms with E-state index in [2.05, 4.69) is 22.4 Å². The fourth-order valence-electron chi connectivity index (χ4n) is 2.76. The van der Waals surface area contributed by atoms with Gasteiger partial charge in [-0.25, -0.2) is 0 Å². The van der Waals surface area contributed by atoms with Crippen molar-refractivity contribution in [3.05, 3.63) is 12.2 Å². The van der Waals surface area contributed by atoms with Gasteiger partial charge in [0.2, 0.25) is 11.8 Å². The molecule has 22 heavy (non-hydrogen) atoms. The quantitative estimate of drug-likeness (QED) is 0.784. The molecule has 1 aliphatic heterocycles. The molecule has 2 amide bonds. The molecule has 1 saturated heterocycles. The number of hydrogen-bond donors (Lipinski definition) is 1. The van der Waals surface area contributed by atoms with Crippen molar-refractivity contribution in [1.82, 2.24) is 25.0 Å². The third kappa shape index (κ3) is 4.29. The van der Waals surface area contributed by atoms with Crippen LogP contribution in [0.3, 0.4) is 0 Å². The molecular formula is C15H25N5O2. The Balaban J connectivity index is 1.74. The monoisotopic (exact) mass is 307 g/mol. The topological polar surface area (TPSA) is 80.1 Å². The molecule has 1 N–H and O–H groups in total. The summed E-state index contributed by atoms with van der Waals surface area (Å²) in [5.41, 5.74) is 0. The van der Waals surface area contributed by atoms with E-state index < -0.39 is 0 Å². The third-order valence-electron chi connectivity index (χ3n) is 3.88. The van der Waals surface area contributed by atoms with Gasteiger partial charge in [0.1, 0.15) is 6.33 Å². The molecule has 1 fully saturated rings. The second-order valence-corrected chi connectivity index (χ2v) is 5.76. The van der Waals surface area contributed by atoms with Crippen LogP contribution in [-0.2, 0) is 16.1 Å².